The highest BCUT2D eigenvalue weighted by Crippen LogP contribution is 2.23. The van der Waals surface area contributed by atoms with Gasteiger partial charge in [-0.25, -0.2) is 8.42 Å². The fourth-order valence-corrected chi connectivity index (χ4v) is 3.67. The summed E-state index contributed by atoms with van der Waals surface area (Å²) in [5.41, 5.74) is 7.84. The van der Waals surface area contributed by atoms with Gasteiger partial charge in [-0.05, 0) is 36.4 Å². The number of aromatic nitrogens is 1. The molecule has 0 saturated carbocycles. The number of rotatable bonds is 4. The van der Waals surface area contributed by atoms with E-state index in [0.717, 1.165) is 16.9 Å². The smallest absolute Gasteiger partial charge is 0.304 e. The van der Waals surface area contributed by atoms with Crippen molar-refractivity contribution < 1.29 is 8.42 Å². The Labute approximate surface area is 136 Å². The predicted octanol–water partition coefficient (Wildman–Crippen LogP) is 2.49. The molecule has 0 unspecified atom stereocenters. The molecular formula is C15H13N3O3S2. The minimum atomic E-state index is -3.70. The zero-order chi connectivity index (χ0) is 16.4. The molecule has 0 fully saturated rings. The Hall–Kier alpha value is -2.58. The number of thiazole rings is 1. The van der Waals surface area contributed by atoms with Crippen molar-refractivity contribution in [2.75, 3.05) is 10.5 Å². The molecule has 0 saturated heterocycles. The van der Waals surface area contributed by atoms with Gasteiger partial charge in [0.2, 0.25) is 0 Å². The second-order valence-corrected chi connectivity index (χ2v) is 7.34. The Morgan fingerprint density at radius 1 is 1.09 bits per heavy atom. The van der Waals surface area contributed by atoms with Crippen LogP contribution < -0.4 is 15.3 Å². The van der Waals surface area contributed by atoms with E-state index < -0.39 is 10.0 Å². The molecule has 0 radical (unpaired) electrons. The molecule has 0 bridgehead atoms. The van der Waals surface area contributed by atoms with E-state index in [9.17, 15) is 13.2 Å². The molecule has 2 aromatic carbocycles. The Kier molecular flexibility index (Phi) is 3.93. The molecule has 23 heavy (non-hydrogen) atoms. The summed E-state index contributed by atoms with van der Waals surface area (Å²) in [6, 6.07) is 12.7. The van der Waals surface area contributed by atoms with Crippen LogP contribution in [-0.2, 0) is 10.0 Å². The highest BCUT2D eigenvalue weighted by molar-refractivity contribution is 7.92. The number of H-pyrrole nitrogens is 1. The van der Waals surface area contributed by atoms with Gasteiger partial charge in [0, 0.05) is 22.3 Å². The highest BCUT2D eigenvalue weighted by atomic mass is 32.2. The van der Waals surface area contributed by atoms with Crippen molar-refractivity contribution in [3.63, 3.8) is 0 Å². The lowest BCUT2D eigenvalue weighted by atomic mass is 10.1. The first-order valence-electron chi connectivity index (χ1n) is 6.61. The number of benzene rings is 2. The van der Waals surface area contributed by atoms with Crippen molar-refractivity contribution in [1.82, 2.24) is 4.98 Å². The lowest BCUT2D eigenvalue weighted by Gasteiger charge is -2.09. The quantitative estimate of drug-likeness (QED) is 0.631. The molecule has 0 spiro atoms. The summed E-state index contributed by atoms with van der Waals surface area (Å²) in [5.74, 6) is 0. The topological polar surface area (TPSA) is 105 Å². The number of hydrogen-bond acceptors (Lipinski definition) is 5. The van der Waals surface area contributed by atoms with Crippen LogP contribution in [-0.4, -0.2) is 13.4 Å². The monoisotopic (exact) mass is 347 g/mol. The first-order chi connectivity index (χ1) is 10.9. The molecule has 3 aromatic rings. The number of aromatic amines is 1. The fraction of sp³-hybridized carbons (Fsp3) is 0. The second-order valence-electron chi connectivity index (χ2n) is 4.82. The van der Waals surface area contributed by atoms with Crippen molar-refractivity contribution in [2.24, 2.45) is 0 Å². The van der Waals surface area contributed by atoms with Gasteiger partial charge in [0.1, 0.15) is 0 Å². The minimum Gasteiger partial charge on any atom is -0.399 e. The number of nitrogens with one attached hydrogen (secondary N) is 2. The number of sulfonamides is 1. The Balaban J connectivity index is 1.91. The van der Waals surface area contributed by atoms with E-state index >= 15 is 0 Å². The van der Waals surface area contributed by atoms with Gasteiger partial charge in [0.05, 0.1) is 10.6 Å². The minimum absolute atomic E-state index is 0.126. The van der Waals surface area contributed by atoms with Crippen LogP contribution in [0.15, 0.2) is 63.6 Å². The number of nitrogen functional groups attached to an aromatic ring is 1. The van der Waals surface area contributed by atoms with Gasteiger partial charge in [0.25, 0.3) is 10.0 Å². The SMILES string of the molecule is Nc1ccc(S(=O)(=O)Nc2cccc(-c3csc(=O)[nH]3)c2)cc1. The summed E-state index contributed by atoms with van der Waals surface area (Å²) in [7, 11) is -3.70. The van der Waals surface area contributed by atoms with Gasteiger partial charge in [-0.2, -0.15) is 0 Å². The molecule has 0 aliphatic heterocycles. The molecule has 3 rings (SSSR count). The molecule has 0 amide bonds. The Morgan fingerprint density at radius 3 is 2.48 bits per heavy atom. The summed E-state index contributed by atoms with van der Waals surface area (Å²) < 4.78 is 27.2. The summed E-state index contributed by atoms with van der Waals surface area (Å²) in [6.45, 7) is 0. The van der Waals surface area contributed by atoms with Crippen LogP contribution in [0.25, 0.3) is 11.3 Å². The molecule has 118 valence electrons. The van der Waals surface area contributed by atoms with Gasteiger partial charge in [-0.15, -0.1) is 0 Å². The van der Waals surface area contributed by atoms with Crippen molar-refractivity contribution >= 4 is 32.7 Å². The lowest BCUT2D eigenvalue weighted by Crippen LogP contribution is -2.12. The average Bonchev–Trinajstić information content (AvgIpc) is 2.94. The van der Waals surface area contributed by atoms with E-state index in [4.69, 9.17) is 5.73 Å². The molecule has 8 heteroatoms. The average molecular weight is 347 g/mol. The van der Waals surface area contributed by atoms with Crippen LogP contribution in [0.4, 0.5) is 11.4 Å². The maximum Gasteiger partial charge on any atom is 0.304 e. The van der Waals surface area contributed by atoms with Crippen LogP contribution in [0.1, 0.15) is 0 Å². The third-order valence-electron chi connectivity index (χ3n) is 3.14. The molecule has 1 aromatic heterocycles. The maximum absolute atomic E-state index is 12.4. The molecular weight excluding hydrogens is 334 g/mol. The van der Waals surface area contributed by atoms with Gasteiger partial charge >= 0.3 is 4.87 Å². The van der Waals surface area contributed by atoms with Crippen LogP contribution in [0.5, 0.6) is 0 Å². The zero-order valence-corrected chi connectivity index (χ0v) is 13.4. The van der Waals surface area contributed by atoms with Gasteiger partial charge in [-0.1, -0.05) is 23.5 Å². The third kappa shape index (κ3) is 3.43. The van der Waals surface area contributed by atoms with Crippen molar-refractivity contribution in [3.05, 3.63) is 63.6 Å². The largest absolute Gasteiger partial charge is 0.399 e. The number of nitrogens with two attached hydrogens (primary N) is 1. The number of anilines is 2. The molecule has 4 N–H and O–H groups in total. The van der Waals surface area contributed by atoms with E-state index in [1.165, 1.54) is 24.3 Å². The summed E-state index contributed by atoms with van der Waals surface area (Å²) in [4.78, 5) is 13.9. The maximum atomic E-state index is 12.4. The first kappa shape index (κ1) is 15.3. The third-order valence-corrected chi connectivity index (χ3v) is 5.20. The first-order valence-corrected chi connectivity index (χ1v) is 8.97. The normalized spacial score (nSPS) is 11.3. The van der Waals surface area contributed by atoms with E-state index in [1.54, 1.807) is 29.6 Å². The number of hydrogen-bond donors (Lipinski definition) is 3. The molecule has 1 heterocycles. The van der Waals surface area contributed by atoms with Crippen molar-refractivity contribution in [3.8, 4) is 11.3 Å². The van der Waals surface area contributed by atoms with E-state index in [2.05, 4.69) is 9.71 Å². The summed E-state index contributed by atoms with van der Waals surface area (Å²) in [5, 5.41) is 1.69. The Morgan fingerprint density at radius 2 is 1.83 bits per heavy atom. The lowest BCUT2D eigenvalue weighted by molar-refractivity contribution is 0.601. The van der Waals surface area contributed by atoms with Crippen LogP contribution in [0.2, 0.25) is 0 Å². The van der Waals surface area contributed by atoms with Gasteiger partial charge in [0.15, 0.2) is 0 Å². The summed E-state index contributed by atoms with van der Waals surface area (Å²) >= 11 is 1.05. The molecule has 0 aliphatic rings. The van der Waals surface area contributed by atoms with E-state index in [0.29, 0.717) is 17.1 Å². The summed E-state index contributed by atoms with van der Waals surface area (Å²) in [6.07, 6.45) is 0. The standard InChI is InChI=1S/C15H13N3O3S2/c16-11-4-6-13(7-5-11)23(20,21)18-12-3-1-2-10(8-12)14-9-22-15(19)17-14/h1-9,18H,16H2,(H,17,19). The van der Waals surface area contributed by atoms with Gasteiger partial charge < -0.3 is 10.7 Å². The van der Waals surface area contributed by atoms with Crippen LogP contribution >= 0.6 is 11.3 Å². The van der Waals surface area contributed by atoms with E-state index in [1.807, 2.05) is 0 Å². The Bertz CT molecular complexity index is 989. The van der Waals surface area contributed by atoms with Crippen LogP contribution in [0.3, 0.4) is 0 Å². The van der Waals surface area contributed by atoms with Gasteiger partial charge in [-0.3, -0.25) is 9.52 Å². The van der Waals surface area contributed by atoms with Crippen molar-refractivity contribution in [1.29, 1.82) is 0 Å². The zero-order valence-electron chi connectivity index (χ0n) is 11.8. The highest BCUT2D eigenvalue weighted by Gasteiger charge is 2.14. The van der Waals surface area contributed by atoms with E-state index in [-0.39, 0.29) is 9.77 Å². The molecule has 0 aliphatic carbocycles. The molecule has 0 atom stereocenters. The molecule has 6 nitrogen and oxygen atoms in total. The second kappa shape index (κ2) is 5.90. The predicted molar refractivity (Wildman–Crippen MR) is 92.0 cm³/mol. The van der Waals surface area contributed by atoms with Crippen molar-refractivity contribution in [2.45, 2.75) is 4.90 Å². The van der Waals surface area contributed by atoms with Crippen LogP contribution in [0, 0.1) is 0 Å². The fourth-order valence-electron chi connectivity index (χ4n) is 2.03.